The number of para-hydroxylation sites is 1. The third-order valence-electron chi connectivity index (χ3n) is 4.94. The number of rotatable bonds is 4. The Morgan fingerprint density at radius 1 is 1.19 bits per heavy atom. The van der Waals surface area contributed by atoms with Crippen LogP contribution in [0.25, 0.3) is 10.2 Å². The summed E-state index contributed by atoms with van der Waals surface area (Å²) < 4.78 is 1.25. The van der Waals surface area contributed by atoms with Crippen LogP contribution in [-0.4, -0.2) is 34.1 Å². The molecule has 1 aliphatic rings. The molecule has 1 unspecified atom stereocenters. The molecule has 2 heterocycles. The molecule has 0 spiro atoms. The van der Waals surface area contributed by atoms with Crippen molar-refractivity contribution in [1.29, 1.82) is 0 Å². The minimum Gasteiger partial charge on any atom is -0.342 e. The molecule has 0 N–H and O–H groups in total. The van der Waals surface area contributed by atoms with Crippen LogP contribution in [0.15, 0.2) is 53.4 Å². The second kappa shape index (κ2) is 8.21. The van der Waals surface area contributed by atoms with Crippen LogP contribution in [-0.2, 0) is 4.79 Å². The first-order valence-corrected chi connectivity index (χ1v) is 11.2. The van der Waals surface area contributed by atoms with Crippen molar-refractivity contribution in [2.24, 2.45) is 0 Å². The highest BCUT2D eigenvalue weighted by molar-refractivity contribution is 8.00. The fourth-order valence-corrected chi connectivity index (χ4v) is 5.65. The number of aromatic nitrogens is 1. The molecule has 4 rings (SSSR count). The number of benzene rings is 2. The zero-order valence-electron chi connectivity index (χ0n) is 15.1. The summed E-state index contributed by atoms with van der Waals surface area (Å²) in [6.07, 6.45) is 1.98. The van der Waals surface area contributed by atoms with Crippen molar-refractivity contribution in [2.75, 3.05) is 13.1 Å². The Bertz CT molecular complexity index is 900. The molecule has 1 fully saturated rings. The van der Waals surface area contributed by atoms with Gasteiger partial charge in [-0.25, -0.2) is 4.98 Å². The second-order valence-corrected chi connectivity index (χ2v) is 9.75. The van der Waals surface area contributed by atoms with Gasteiger partial charge in [-0.05, 0) is 56.2 Å². The summed E-state index contributed by atoms with van der Waals surface area (Å²) in [5, 5.41) is 1.84. The van der Waals surface area contributed by atoms with Gasteiger partial charge < -0.3 is 4.90 Å². The molecule has 27 heavy (non-hydrogen) atoms. The molecule has 3 nitrogen and oxygen atoms in total. The smallest absolute Gasteiger partial charge is 0.235 e. The number of likely N-dealkylation sites (tertiary alicyclic amines) is 1. The number of carbonyl (C=O) groups excluding carboxylic acids is 1. The van der Waals surface area contributed by atoms with Crippen molar-refractivity contribution in [2.45, 2.75) is 35.8 Å². The van der Waals surface area contributed by atoms with E-state index in [1.807, 2.05) is 42.2 Å². The monoisotopic (exact) mass is 416 g/mol. The van der Waals surface area contributed by atoms with Gasteiger partial charge in [-0.2, -0.15) is 0 Å². The number of hydrogen-bond acceptors (Lipinski definition) is 4. The van der Waals surface area contributed by atoms with Gasteiger partial charge in [-0.1, -0.05) is 23.7 Å². The summed E-state index contributed by atoms with van der Waals surface area (Å²) in [5.41, 5.74) is 1.09. The number of piperidine rings is 1. The maximum absolute atomic E-state index is 12.8. The van der Waals surface area contributed by atoms with E-state index in [9.17, 15) is 4.79 Å². The molecule has 1 saturated heterocycles. The molecular formula is C21H21ClN2OS2. The van der Waals surface area contributed by atoms with Gasteiger partial charge >= 0.3 is 0 Å². The molecule has 0 radical (unpaired) electrons. The van der Waals surface area contributed by atoms with Crippen LogP contribution in [0.4, 0.5) is 0 Å². The van der Waals surface area contributed by atoms with Crippen LogP contribution >= 0.6 is 34.7 Å². The average Bonchev–Trinajstić information content (AvgIpc) is 3.13. The largest absolute Gasteiger partial charge is 0.342 e. The predicted octanol–water partition coefficient (Wildman–Crippen LogP) is 5.84. The lowest BCUT2D eigenvalue weighted by Crippen LogP contribution is -2.41. The molecule has 0 bridgehead atoms. The lowest BCUT2D eigenvalue weighted by molar-refractivity contribution is -0.131. The number of halogens is 1. The first kappa shape index (κ1) is 18.8. The summed E-state index contributed by atoms with van der Waals surface area (Å²) >= 11 is 9.32. The van der Waals surface area contributed by atoms with Crippen molar-refractivity contribution >= 4 is 50.8 Å². The maximum atomic E-state index is 12.8. The summed E-state index contributed by atoms with van der Waals surface area (Å²) in [5.74, 6) is 0.684. The third-order valence-corrected chi connectivity index (χ3v) is 7.49. The molecule has 1 aromatic heterocycles. The standard InChI is InChI=1S/C21H21ClN2OS2/c1-14(26-17-8-6-16(22)7-9-17)21(25)24-12-10-15(11-13-24)20-23-18-4-2-3-5-19(18)27-20/h2-9,14-15H,10-13H2,1H3. The highest BCUT2D eigenvalue weighted by atomic mass is 35.5. The van der Waals surface area contributed by atoms with Crippen LogP contribution in [0.1, 0.15) is 30.7 Å². The molecule has 0 aliphatic carbocycles. The van der Waals surface area contributed by atoms with E-state index in [0.717, 1.165) is 41.4 Å². The molecule has 1 amide bonds. The van der Waals surface area contributed by atoms with Crippen molar-refractivity contribution in [3.63, 3.8) is 0 Å². The highest BCUT2D eigenvalue weighted by Crippen LogP contribution is 2.34. The Kier molecular flexibility index (Phi) is 5.71. The van der Waals surface area contributed by atoms with Crippen molar-refractivity contribution in [3.8, 4) is 0 Å². The van der Waals surface area contributed by atoms with E-state index in [4.69, 9.17) is 16.6 Å². The van der Waals surface area contributed by atoms with E-state index >= 15 is 0 Å². The lowest BCUT2D eigenvalue weighted by Gasteiger charge is -2.32. The highest BCUT2D eigenvalue weighted by Gasteiger charge is 2.28. The van der Waals surface area contributed by atoms with Gasteiger partial charge in [0.25, 0.3) is 0 Å². The first-order chi connectivity index (χ1) is 13.1. The zero-order chi connectivity index (χ0) is 18.8. The Labute approximate surface area is 172 Å². The van der Waals surface area contributed by atoms with E-state index in [1.54, 1.807) is 23.1 Å². The van der Waals surface area contributed by atoms with Gasteiger partial charge in [-0.3, -0.25) is 4.79 Å². The number of fused-ring (bicyclic) bond motifs is 1. The molecule has 6 heteroatoms. The number of thioether (sulfide) groups is 1. The molecule has 1 atom stereocenters. The molecular weight excluding hydrogens is 396 g/mol. The normalized spacial score (nSPS) is 16.6. The van der Waals surface area contributed by atoms with Crippen LogP contribution in [0.3, 0.4) is 0 Å². The summed E-state index contributed by atoms with van der Waals surface area (Å²) in [6.45, 7) is 3.61. The molecule has 140 valence electrons. The van der Waals surface area contributed by atoms with Gasteiger partial charge in [0.05, 0.1) is 20.5 Å². The van der Waals surface area contributed by atoms with Crippen molar-refractivity contribution < 1.29 is 4.79 Å². The van der Waals surface area contributed by atoms with E-state index < -0.39 is 0 Å². The number of amides is 1. The van der Waals surface area contributed by atoms with Crippen LogP contribution in [0.5, 0.6) is 0 Å². The predicted molar refractivity (Wildman–Crippen MR) is 115 cm³/mol. The fourth-order valence-electron chi connectivity index (χ4n) is 3.44. The minimum absolute atomic E-state index is 0.0924. The first-order valence-electron chi connectivity index (χ1n) is 9.16. The van der Waals surface area contributed by atoms with Gasteiger partial charge in [0.15, 0.2) is 0 Å². The minimum atomic E-state index is -0.0924. The van der Waals surface area contributed by atoms with Gasteiger partial charge in [-0.15, -0.1) is 23.1 Å². The molecule has 0 saturated carbocycles. The Morgan fingerprint density at radius 3 is 2.59 bits per heavy atom. The SMILES string of the molecule is CC(Sc1ccc(Cl)cc1)C(=O)N1CCC(c2nc3ccccc3s2)CC1. The molecule has 2 aromatic carbocycles. The van der Waals surface area contributed by atoms with E-state index in [2.05, 4.69) is 18.2 Å². The van der Waals surface area contributed by atoms with Crippen LogP contribution in [0.2, 0.25) is 5.02 Å². The van der Waals surface area contributed by atoms with Gasteiger partial charge in [0, 0.05) is 28.9 Å². The number of hydrogen-bond donors (Lipinski definition) is 0. The Morgan fingerprint density at radius 2 is 1.89 bits per heavy atom. The summed E-state index contributed by atoms with van der Waals surface area (Å²) in [4.78, 5) is 20.7. The molecule has 3 aromatic rings. The van der Waals surface area contributed by atoms with Gasteiger partial charge in [0.1, 0.15) is 0 Å². The Balaban J connectivity index is 1.35. The maximum Gasteiger partial charge on any atom is 0.235 e. The van der Waals surface area contributed by atoms with E-state index in [0.29, 0.717) is 5.92 Å². The summed E-state index contributed by atoms with van der Waals surface area (Å²) in [7, 11) is 0. The Hall–Kier alpha value is -1.56. The van der Waals surface area contributed by atoms with Gasteiger partial charge in [0.2, 0.25) is 5.91 Å². The number of thiazole rings is 1. The number of carbonyl (C=O) groups is 1. The molecule has 1 aliphatic heterocycles. The lowest BCUT2D eigenvalue weighted by atomic mass is 9.97. The third kappa shape index (κ3) is 4.31. The van der Waals surface area contributed by atoms with Crippen molar-refractivity contribution in [3.05, 3.63) is 58.6 Å². The fraction of sp³-hybridized carbons (Fsp3) is 0.333. The zero-order valence-corrected chi connectivity index (χ0v) is 17.5. The summed E-state index contributed by atoms with van der Waals surface area (Å²) in [6, 6.07) is 16.0. The van der Waals surface area contributed by atoms with Crippen molar-refractivity contribution in [1.82, 2.24) is 9.88 Å². The van der Waals surface area contributed by atoms with E-state index in [1.165, 1.54) is 9.71 Å². The second-order valence-electron chi connectivity index (χ2n) is 6.83. The quantitative estimate of drug-likeness (QED) is 0.501. The topological polar surface area (TPSA) is 33.2 Å². The van der Waals surface area contributed by atoms with E-state index in [-0.39, 0.29) is 11.2 Å². The van der Waals surface area contributed by atoms with Crippen LogP contribution < -0.4 is 0 Å². The van der Waals surface area contributed by atoms with Crippen LogP contribution in [0, 0.1) is 0 Å². The average molecular weight is 417 g/mol. The number of nitrogens with zero attached hydrogens (tertiary/aromatic N) is 2.